The van der Waals surface area contributed by atoms with E-state index < -0.39 is 0 Å². The molecule has 1 N–H and O–H groups in total. The lowest BCUT2D eigenvalue weighted by molar-refractivity contribution is -0.0226. The van der Waals surface area contributed by atoms with Gasteiger partial charge in [0.1, 0.15) is 5.75 Å². The van der Waals surface area contributed by atoms with E-state index >= 15 is 0 Å². The largest absolute Gasteiger partial charge is 0.496 e. The normalized spacial score (nSPS) is 30.2. The highest BCUT2D eigenvalue weighted by molar-refractivity contribution is 5.61. The number of benzene rings is 2. The Labute approximate surface area is 199 Å². The summed E-state index contributed by atoms with van der Waals surface area (Å²) in [4.78, 5) is 0. The standard InChI is InChI=1S/C31H36O2/c1-21-9-11-22(12-10-21)7-5-4-6-8-24-19-27-23(20-29(24)33-3)13-14-26-25(27)17-18-31(2)28(26)15-16-30(31)32/h6,8-12,19-20,25-26,28,30,32H,4,13-18H2,1-3H3/b8-6+/t25-,26+,28-,30?,31-/m0/s1. The highest BCUT2D eigenvalue weighted by Crippen LogP contribution is 2.61. The molecule has 1 unspecified atom stereocenters. The molecule has 0 radical (unpaired) electrons. The monoisotopic (exact) mass is 440 g/mol. The van der Waals surface area contributed by atoms with E-state index in [0.29, 0.717) is 17.8 Å². The van der Waals surface area contributed by atoms with Gasteiger partial charge in [-0.1, -0.05) is 48.6 Å². The van der Waals surface area contributed by atoms with E-state index in [0.717, 1.165) is 42.6 Å². The van der Waals surface area contributed by atoms with Crippen LogP contribution in [0.5, 0.6) is 5.75 Å². The maximum Gasteiger partial charge on any atom is 0.126 e. The summed E-state index contributed by atoms with van der Waals surface area (Å²) < 4.78 is 5.76. The lowest BCUT2D eigenvalue weighted by Gasteiger charge is -2.50. The van der Waals surface area contributed by atoms with Gasteiger partial charge in [0.15, 0.2) is 0 Å². The highest BCUT2D eigenvalue weighted by Gasteiger charge is 2.54. The Kier molecular flexibility index (Phi) is 6.11. The molecule has 2 aromatic rings. The second-order valence-electron chi connectivity index (χ2n) is 10.6. The summed E-state index contributed by atoms with van der Waals surface area (Å²) in [6, 6.07) is 13.0. The van der Waals surface area contributed by atoms with Crippen LogP contribution in [0.2, 0.25) is 0 Å². The molecule has 2 fully saturated rings. The first-order valence-corrected chi connectivity index (χ1v) is 12.6. The molecule has 2 nitrogen and oxygen atoms in total. The summed E-state index contributed by atoms with van der Waals surface area (Å²) in [6.07, 6.45) is 11.8. The van der Waals surface area contributed by atoms with Gasteiger partial charge in [-0.25, -0.2) is 0 Å². The molecule has 5 atom stereocenters. The van der Waals surface area contributed by atoms with Crippen molar-refractivity contribution in [2.24, 2.45) is 17.3 Å². The number of aryl methyl sites for hydroxylation is 2. The fourth-order valence-corrected chi connectivity index (χ4v) is 6.93. The average Bonchev–Trinajstić information content (AvgIpc) is 3.13. The van der Waals surface area contributed by atoms with Crippen molar-refractivity contribution in [3.05, 3.63) is 70.3 Å². The van der Waals surface area contributed by atoms with Crippen molar-refractivity contribution in [1.82, 2.24) is 0 Å². The Morgan fingerprint density at radius 2 is 1.94 bits per heavy atom. The van der Waals surface area contributed by atoms with E-state index in [1.54, 1.807) is 7.11 Å². The molecule has 2 saturated carbocycles. The molecule has 5 rings (SSSR count). The zero-order chi connectivity index (χ0) is 23.0. The number of fused-ring (bicyclic) bond motifs is 5. The van der Waals surface area contributed by atoms with Crippen molar-refractivity contribution in [1.29, 1.82) is 0 Å². The molecule has 33 heavy (non-hydrogen) atoms. The molecule has 2 aromatic carbocycles. The molecule has 3 aliphatic carbocycles. The van der Waals surface area contributed by atoms with E-state index in [4.69, 9.17) is 4.74 Å². The molecular weight excluding hydrogens is 404 g/mol. The van der Waals surface area contributed by atoms with E-state index in [9.17, 15) is 5.11 Å². The Morgan fingerprint density at radius 1 is 1.12 bits per heavy atom. The minimum absolute atomic E-state index is 0.111. The zero-order valence-corrected chi connectivity index (χ0v) is 20.2. The minimum Gasteiger partial charge on any atom is -0.496 e. The van der Waals surface area contributed by atoms with Gasteiger partial charge in [0, 0.05) is 17.5 Å². The van der Waals surface area contributed by atoms with Gasteiger partial charge in [0.2, 0.25) is 0 Å². The maximum absolute atomic E-state index is 10.7. The quantitative estimate of drug-likeness (QED) is 0.540. The van der Waals surface area contributed by atoms with Gasteiger partial charge in [0.25, 0.3) is 0 Å². The molecule has 172 valence electrons. The SMILES string of the molecule is COc1cc2c(cc1/C=C/CC#Cc1ccc(C)cc1)[C@H]1CC[C@]3(C)C(O)CC[C@H]3[C@@H]1CC2. The van der Waals surface area contributed by atoms with Gasteiger partial charge in [-0.15, -0.1) is 0 Å². The van der Waals surface area contributed by atoms with E-state index in [-0.39, 0.29) is 11.5 Å². The van der Waals surface area contributed by atoms with Crippen LogP contribution in [0.3, 0.4) is 0 Å². The number of rotatable bonds is 3. The number of ether oxygens (including phenoxy) is 1. The predicted molar refractivity (Wildman–Crippen MR) is 135 cm³/mol. The molecule has 0 bridgehead atoms. The third kappa shape index (κ3) is 4.13. The van der Waals surface area contributed by atoms with Crippen molar-refractivity contribution >= 4 is 6.08 Å². The van der Waals surface area contributed by atoms with Crippen molar-refractivity contribution in [2.45, 2.75) is 70.8 Å². The van der Waals surface area contributed by atoms with Crippen molar-refractivity contribution < 1.29 is 9.84 Å². The Morgan fingerprint density at radius 3 is 2.73 bits per heavy atom. The first-order valence-electron chi connectivity index (χ1n) is 12.6. The predicted octanol–water partition coefficient (Wildman–Crippen LogP) is 6.68. The van der Waals surface area contributed by atoms with Gasteiger partial charge in [-0.05, 0) is 104 Å². The second kappa shape index (κ2) is 9.03. The van der Waals surface area contributed by atoms with Crippen LogP contribution in [-0.2, 0) is 6.42 Å². The fourth-order valence-electron chi connectivity index (χ4n) is 6.93. The Hall–Kier alpha value is -2.50. The van der Waals surface area contributed by atoms with Crippen LogP contribution in [0.15, 0.2) is 42.5 Å². The molecule has 0 heterocycles. The van der Waals surface area contributed by atoms with E-state index in [2.05, 4.69) is 74.2 Å². The van der Waals surface area contributed by atoms with Gasteiger partial charge < -0.3 is 9.84 Å². The van der Waals surface area contributed by atoms with E-state index in [1.807, 2.05) is 0 Å². The minimum atomic E-state index is -0.111. The number of allylic oxidation sites excluding steroid dienone is 1. The van der Waals surface area contributed by atoms with Gasteiger partial charge in [0.05, 0.1) is 13.2 Å². The Balaban J connectivity index is 1.36. The number of hydrogen-bond donors (Lipinski definition) is 1. The van der Waals surface area contributed by atoms with Crippen LogP contribution >= 0.6 is 0 Å². The molecule has 0 spiro atoms. The summed E-state index contributed by atoms with van der Waals surface area (Å²) in [5, 5.41) is 10.7. The third-order valence-electron chi connectivity index (χ3n) is 8.83. The van der Waals surface area contributed by atoms with Crippen LogP contribution in [0.1, 0.15) is 79.2 Å². The zero-order valence-electron chi connectivity index (χ0n) is 20.2. The molecule has 0 aromatic heterocycles. The molecule has 0 saturated heterocycles. The van der Waals surface area contributed by atoms with Crippen LogP contribution < -0.4 is 4.74 Å². The number of aliphatic hydroxyl groups is 1. The molecule has 0 aliphatic heterocycles. The summed E-state index contributed by atoms with van der Waals surface area (Å²) in [7, 11) is 1.77. The van der Waals surface area contributed by atoms with Crippen LogP contribution in [-0.4, -0.2) is 18.3 Å². The van der Waals surface area contributed by atoms with Crippen LogP contribution in [0, 0.1) is 36.0 Å². The molecule has 3 aliphatic rings. The summed E-state index contributed by atoms with van der Waals surface area (Å²) >= 11 is 0. The average molecular weight is 441 g/mol. The summed E-state index contributed by atoms with van der Waals surface area (Å²) in [6.45, 7) is 4.44. The van der Waals surface area contributed by atoms with Crippen molar-refractivity contribution in [3.8, 4) is 17.6 Å². The smallest absolute Gasteiger partial charge is 0.126 e. The van der Waals surface area contributed by atoms with Crippen molar-refractivity contribution in [3.63, 3.8) is 0 Å². The summed E-state index contributed by atoms with van der Waals surface area (Å²) in [5.74, 6) is 9.48. The number of aliphatic hydroxyl groups excluding tert-OH is 1. The van der Waals surface area contributed by atoms with Crippen molar-refractivity contribution in [2.75, 3.05) is 7.11 Å². The number of methoxy groups -OCH3 is 1. The van der Waals surface area contributed by atoms with E-state index in [1.165, 1.54) is 36.0 Å². The lowest BCUT2D eigenvalue weighted by Crippen LogP contribution is -2.43. The van der Waals surface area contributed by atoms with Gasteiger partial charge >= 0.3 is 0 Å². The maximum atomic E-state index is 10.7. The summed E-state index contributed by atoms with van der Waals surface area (Å²) in [5.41, 5.74) is 6.60. The fraction of sp³-hybridized carbons (Fsp3) is 0.484. The van der Waals surface area contributed by atoms with Crippen LogP contribution in [0.4, 0.5) is 0 Å². The third-order valence-corrected chi connectivity index (χ3v) is 8.83. The van der Waals surface area contributed by atoms with Crippen LogP contribution in [0.25, 0.3) is 6.08 Å². The molecule has 2 heteroatoms. The number of hydrogen-bond acceptors (Lipinski definition) is 2. The second-order valence-corrected chi connectivity index (χ2v) is 10.6. The highest BCUT2D eigenvalue weighted by atomic mass is 16.5. The first-order chi connectivity index (χ1) is 16.0. The van der Waals surface area contributed by atoms with Gasteiger partial charge in [-0.2, -0.15) is 0 Å². The molecule has 0 amide bonds. The lowest BCUT2D eigenvalue weighted by atomic mass is 9.55. The molecular formula is C31H36O2. The Bertz CT molecular complexity index is 1100. The van der Waals surface area contributed by atoms with Gasteiger partial charge in [-0.3, -0.25) is 0 Å². The first kappa shape index (κ1) is 22.3. The topological polar surface area (TPSA) is 29.5 Å².